The summed E-state index contributed by atoms with van der Waals surface area (Å²) in [4.78, 5) is 10.3. The third-order valence-electron chi connectivity index (χ3n) is 2.34. The van der Waals surface area contributed by atoms with Crippen LogP contribution in [-0.2, 0) is 4.79 Å². The van der Waals surface area contributed by atoms with Crippen molar-refractivity contribution in [3.05, 3.63) is 0 Å². The van der Waals surface area contributed by atoms with E-state index in [4.69, 9.17) is 5.11 Å². The fraction of sp³-hybridized carbons (Fsp3) is 0.875. The molecule has 0 aromatic rings. The van der Waals surface area contributed by atoms with Crippen molar-refractivity contribution in [3.63, 3.8) is 0 Å². The maximum absolute atomic E-state index is 10.3. The molecule has 2 nitrogen and oxygen atoms in total. The highest BCUT2D eigenvalue weighted by atomic mass is 16.3. The van der Waals surface area contributed by atoms with Gasteiger partial charge in [0, 0.05) is 12.5 Å². The number of aliphatic hydroxyl groups is 1. The largest absolute Gasteiger partial charge is 0.396 e. The summed E-state index contributed by atoms with van der Waals surface area (Å²) >= 11 is 0. The number of aliphatic hydroxyl groups excluding tert-OH is 1. The standard InChI is InChI=1S/C8H14O2/c9-5-7-1-2-8(6-10)4-3-7/h5,7-8,10H,1-4,6H2/t7-,8-. The van der Waals surface area contributed by atoms with Crippen molar-refractivity contribution >= 4 is 6.29 Å². The first-order valence-corrected chi connectivity index (χ1v) is 3.93. The van der Waals surface area contributed by atoms with Crippen molar-refractivity contribution in [2.75, 3.05) is 6.61 Å². The van der Waals surface area contributed by atoms with Gasteiger partial charge in [-0.25, -0.2) is 0 Å². The van der Waals surface area contributed by atoms with Gasteiger partial charge in [-0.05, 0) is 31.6 Å². The van der Waals surface area contributed by atoms with Crippen molar-refractivity contribution in [1.82, 2.24) is 0 Å². The molecule has 0 atom stereocenters. The number of carbonyl (C=O) groups is 1. The molecule has 0 heterocycles. The zero-order valence-corrected chi connectivity index (χ0v) is 6.12. The molecular formula is C8H14O2. The van der Waals surface area contributed by atoms with E-state index in [1.54, 1.807) is 0 Å². The van der Waals surface area contributed by atoms with Gasteiger partial charge in [0.05, 0.1) is 0 Å². The molecule has 0 saturated heterocycles. The lowest BCUT2D eigenvalue weighted by Gasteiger charge is -2.23. The molecule has 1 saturated carbocycles. The van der Waals surface area contributed by atoms with Crippen LogP contribution < -0.4 is 0 Å². The van der Waals surface area contributed by atoms with Gasteiger partial charge in [-0.2, -0.15) is 0 Å². The maximum atomic E-state index is 10.3. The van der Waals surface area contributed by atoms with Crippen LogP contribution in [0.3, 0.4) is 0 Å². The van der Waals surface area contributed by atoms with Gasteiger partial charge in [0.2, 0.25) is 0 Å². The van der Waals surface area contributed by atoms with Crippen LogP contribution in [0.5, 0.6) is 0 Å². The zero-order valence-electron chi connectivity index (χ0n) is 6.12. The molecule has 0 bridgehead atoms. The van der Waals surface area contributed by atoms with Crippen LogP contribution in [0.4, 0.5) is 0 Å². The molecule has 2 heteroatoms. The van der Waals surface area contributed by atoms with E-state index in [0.29, 0.717) is 12.5 Å². The predicted octanol–water partition coefficient (Wildman–Crippen LogP) is 0.984. The number of rotatable bonds is 2. The summed E-state index contributed by atoms with van der Waals surface area (Å²) in [5.74, 6) is 0.749. The van der Waals surface area contributed by atoms with Crippen molar-refractivity contribution in [1.29, 1.82) is 0 Å². The van der Waals surface area contributed by atoms with Crippen LogP contribution in [-0.4, -0.2) is 18.0 Å². The van der Waals surface area contributed by atoms with E-state index in [1.165, 1.54) is 0 Å². The molecule has 0 radical (unpaired) electrons. The Hall–Kier alpha value is -0.370. The first kappa shape index (κ1) is 7.73. The third kappa shape index (κ3) is 1.81. The Balaban J connectivity index is 2.23. The molecule has 1 fully saturated rings. The van der Waals surface area contributed by atoms with E-state index in [-0.39, 0.29) is 5.92 Å². The number of hydrogen-bond acceptors (Lipinski definition) is 2. The molecule has 0 unspecified atom stereocenters. The third-order valence-corrected chi connectivity index (χ3v) is 2.34. The Labute approximate surface area is 61.2 Å². The van der Waals surface area contributed by atoms with Gasteiger partial charge >= 0.3 is 0 Å². The van der Waals surface area contributed by atoms with Crippen molar-refractivity contribution < 1.29 is 9.90 Å². The topological polar surface area (TPSA) is 37.3 Å². The molecule has 1 rings (SSSR count). The van der Waals surface area contributed by atoms with Gasteiger partial charge in [-0.15, -0.1) is 0 Å². The second-order valence-corrected chi connectivity index (χ2v) is 3.10. The van der Waals surface area contributed by atoms with Crippen molar-refractivity contribution in [3.8, 4) is 0 Å². The molecule has 0 spiro atoms. The molecule has 1 aliphatic carbocycles. The Morgan fingerprint density at radius 2 is 1.90 bits per heavy atom. The summed E-state index contributed by atoms with van der Waals surface area (Å²) in [6, 6.07) is 0. The fourth-order valence-electron chi connectivity index (χ4n) is 1.51. The second kappa shape index (κ2) is 3.71. The van der Waals surface area contributed by atoms with Gasteiger partial charge in [0.15, 0.2) is 0 Å². The van der Waals surface area contributed by atoms with Crippen LogP contribution >= 0.6 is 0 Å². The van der Waals surface area contributed by atoms with Crippen molar-refractivity contribution in [2.24, 2.45) is 11.8 Å². The summed E-state index contributed by atoms with van der Waals surface area (Å²) in [5, 5.41) is 8.76. The van der Waals surface area contributed by atoms with Gasteiger partial charge < -0.3 is 9.90 Å². The van der Waals surface area contributed by atoms with E-state index in [9.17, 15) is 4.79 Å². The minimum atomic E-state index is 0.280. The lowest BCUT2D eigenvalue weighted by molar-refractivity contribution is -0.112. The van der Waals surface area contributed by atoms with Crippen molar-refractivity contribution in [2.45, 2.75) is 25.7 Å². The Morgan fingerprint density at radius 3 is 2.30 bits per heavy atom. The van der Waals surface area contributed by atoms with Gasteiger partial charge in [-0.3, -0.25) is 0 Å². The van der Waals surface area contributed by atoms with Crippen LogP contribution in [0.25, 0.3) is 0 Å². The SMILES string of the molecule is O=C[C@H]1CC[C@H](CO)CC1. The quantitative estimate of drug-likeness (QED) is 0.584. The lowest BCUT2D eigenvalue weighted by Crippen LogP contribution is -2.17. The highest BCUT2D eigenvalue weighted by Crippen LogP contribution is 2.26. The second-order valence-electron chi connectivity index (χ2n) is 3.10. The fourth-order valence-corrected chi connectivity index (χ4v) is 1.51. The molecule has 1 N–H and O–H groups in total. The van der Waals surface area contributed by atoms with Crippen LogP contribution in [0.2, 0.25) is 0 Å². The molecule has 0 aliphatic heterocycles. The van der Waals surface area contributed by atoms with Crippen LogP contribution in [0.15, 0.2) is 0 Å². The average molecular weight is 142 g/mol. The molecular weight excluding hydrogens is 128 g/mol. The Bertz CT molecular complexity index is 104. The van der Waals surface area contributed by atoms with E-state index in [0.717, 1.165) is 32.0 Å². The highest BCUT2D eigenvalue weighted by Gasteiger charge is 2.19. The first-order valence-electron chi connectivity index (χ1n) is 3.93. The highest BCUT2D eigenvalue weighted by molar-refractivity contribution is 5.53. The predicted molar refractivity (Wildman–Crippen MR) is 38.6 cm³/mol. The Morgan fingerprint density at radius 1 is 1.30 bits per heavy atom. The minimum absolute atomic E-state index is 0.280. The summed E-state index contributed by atoms with van der Waals surface area (Å²) in [7, 11) is 0. The molecule has 58 valence electrons. The maximum Gasteiger partial charge on any atom is 0.123 e. The molecule has 1 aliphatic rings. The number of aldehydes is 1. The first-order chi connectivity index (χ1) is 4.86. The summed E-state index contributed by atoms with van der Waals surface area (Å²) in [6.45, 7) is 0.297. The minimum Gasteiger partial charge on any atom is -0.396 e. The summed E-state index contributed by atoms with van der Waals surface area (Å²) in [6.07, 6.45) is 5.07. The molecule has 0 amide bonds. The number of carbonyl (C=O) groups excluding carboxylic acids is 1. The van der Waals surface area contributed by atoms with Gasteiger partial charge in [0.25, 0.3) is 0 Å². The summed E-state index contributed by atoms with van der Waals surface area (Å²) in [5.41, 5.74) is 0. The smallest absolute Gasteiger partial charge is 0.123 e. The van der Waals surface area contributed by atoms with Crippen LogP contribution in [0, 0.1) is 11.8 Å². The van der Waals surface area contributed by atoms with Gasteiger partial charge in [-0.1, -0.05) is 0 Å². The van der Waals surface area contributed by atoms with Crippen LogP contribution in [0.1, 0.15) is 25.7 Å². The number of hydrogen-bond donors (Lipinski definition) is 1. The van der Waals surface area contributed by atoms with Gasteiger partial charge in [0.1, 0.15) is 6.29 Å². The monoisotopic (exact) mass is 142 g/mol. The lowest BCUT2D eigenvalue weighted by atomic mass is 9.83. The molecule has 0 aromatic heterocycles. The van der Waals surface area contributed by atoms with E-state index < -0.39 is 0 Å². The summed E-state index contributed by atoms with van der Waals surface area (Å²) < 4.78 is 0. The normalized spacial score (nSPS) is 33.7. The Kier molecular flexibility index (Phi) is 2.87. The molecule has 0 aromatic carbocycles. The zero-order chi connectivity index (χ0) is 7.40. The molecule has 10 heavy (non-hydrogen) atoms. The average Bonchev–Trinajstić information content (AvgIpc) is 2.05. The van der Waals surface area contributed by atoms with E-state index in [2.05, 4.69) is 0 Å². The van der Waals surface area contributed by atoms with E-state index in [1.807, 2.05) is 0 Å². The van der Waals surface area contributed by atoms with E-state index >= 15 is 0 Å².